The molecule has 138 valence electrons. The zero-order valence-electron chi connectivity index (χ0n) is 14.9. The molecule has 1 N–H and O–H groups in total. The van der Waals surface area contributed by atoms with E-state index in [0.717, 1.165) is 38.6 Å². The van der Waals surface area contributed by atoms with Crippen molar-refractivity contribution in [3.8, 4) is 0 Å². The highest BCUT2D eigenvalue weighted by Gasteiger charge is 2.24. The molecule has 0 saturated heterocycles. The summed E-state index contributed by atoms with van der Waals surface area (Å²) in [5.41, 5.74) is 3.73. The van der Waals surface area contributed by atoms with Crippen LogP contribution in [0.3, 0.4) is 0 Å². The van der Waals surface area contributed by atoms with Gasteiger partial charge in [-0.3, -0.25) is 9.78 Å². The van der Waals surface area contributed by atoms with Crippen molar-refractivity contribution in [2.75, 3.05) is 11.9 Å². The van der Waals surface area contributed by atoms with E-state index in [0.29, 0.717) is 13.1 Å². The maximum atomic E-state index is 13.8. The van der Waals surface area contributed by atoms with Gasteiger partial charge >= 0.3 is 0 Å². The average Bonchev–Trinajstić information content (AvgIpc) is 2.82. The van der Waals surface area contributed by atoms with Crippen LogP contribution in [0.1, 0.15) is 30.5 Å². The van der Waals surface area contributed by atoms with Crippen LogP contribution in [0.2, 0.25) is 0 Å². The van der Waals surface area contributed by atoms with Gasteiger partial charge in [0.15, 0.2) is 0 Å². The summed E-state index contributed by atoms with van der Waals surface area (Å²) in [4.78, 5) is 18.1. The molecular weight excluding hydrogens is 409 g/mol. The third-order valence-corrected chi connectivity index (χ3v) is 5.67. The summed E-state index contributed by atoms with van der Waals surface area (Å²) in [5.74, 6) is -0.277. The lowest BCUT2D eigenvalue weighted by Crippen LogP contribution is -2.28. The zero-order chi connectivity index (χ0) is 19.0. The highest BCUT2D eigenvalue weighted by atomic mass is 79.9. The van der Waals surface area contributed by atoms with Crippen molar-refractivity contribution in [3.63, 3.8) is 0 Å². The van der Waals surface area contributed by atoms with Crippen LogP contribution in [0.25, 0.3) is 10.9 Å². The van der Waals surface area contributed by atoms with Crippen LogP contribution in [-0.2, 0) is 11.3 Å². The molecule has 4 rings (SSSR count). The van der Waals surface area contributed by atoms with Gasteiger partial charge in [0.2, 0.25) is 5.91 Å². The number of anilines is 1. The van der Waals surface area contributed by atoms with Crippen LogP contribution in [-0.4, -0.2) is 22.3 Å². The number of nitrogens with zero attached hydrogens (tertiary/aromatic N) is 2. The number of pyridine rings is 1. The maximum Gasteiger partial charge on any atom is 0.219 e. The molecule has 1 aromatic heterocycles. The number of amides is 1. The first kappa shape index (κ1) is 17.9. The topological polar surface area (TPSA) is 45.2 Å². The van der Waals surface area contributed by atoms with Crippen molar-refractivity contribution in [1.29, 1.82) is 0 Å². The first-order valence-electron chi connectivity index (χ1n) is 8.86. The van der Waals surface area contributed by atoms with Gasteiger partial charge in [-0.05, 0) is 57.7 Å². The number of rotatable bonds is 2. The lowest BCUT2D eigenvalue weighted by molar-refractivity contribution is -0.129. The first-order valence-corrected chi connectivity index (χ1v) is 9.66. The fourth-order valence-electron chi connectivity index (χ4n) is 3.65. The molecule has 0 radical (unpaired) electrons. The molecule has 1 aliphatic heterocycles. The van der Waals surface area contributed by atoms with Gasteiger partial charge in [0.1, 0.15) is 5.82 Å². The van der Waals surface area contributed by atoms with Crippen molar-refractivity contribution < 1.29 is 9.18 Å². The second-order valence-corrected chi connectivity index (χ2v) is 7.62. The van der Waals surface area contributed by atoms with E-state index in [2.05, 4.69) is 26.2 Å². The van der Waals surface area contributed by atoms with Gasteiger partial charge in [-0.1, -0.05) is 18.2 Å². The van der Waals surface area contributed by atoms with Gasteiger partial charge < -0.3 is 10.2 Å². The predicted molar refractivity (Wildman–Crippen MR) is 108 cm³/mol. The normalized spacial score (nSPS) is 16.7. The zero-order valence-corrected chi connectivity index (χ0v) is 16.5. The van der Waals surface area contributed by atoms with Gasteiger partial charge in [-0.25, -0.2) is 4.39 Å². The van der Waals surface area contributed by atoms with Crippen molar-refractivity contribution in [2.45, 2.75) is 25.9 Å². The largest absolute Gasteiger partial charge is 0.378 e. The summed E-state index contributed by atoms with van der Waals surface area (Å²) in [6.45, 7) is 2.61. The molecule has 0 fully saturated rings. The first-order chi connectivity index (χ1) is 13.0. The molecule has 3 aromatic rings. The Morgan fingerprint density at radius 1 is 1.30 bits per heavy atom. The molecule has 0 saturated carbocycles. The Morgan fingerprint density at radius 3 is 2.96 bits per heavy atom. The molecule has 4 nitrogen and oxygen atoms in total. The Balaban J connectivity index is 1.75. The van der Waals surface area contributed by atoms with Crippen LogP contribution < -0.4 is 5.32 Å². The van der Waals surface area contributed by atoms with E-state index in [1.807, 2.05) is 30.3 Å². The molecule has 0 spiro atoms. The third-order valence-electron chi connectivity index (χ3n) is 5.03. The molecule has 0 aliphatic carbocycles. The highest BCUT2D eigenvalue weighted by Crippen LogP contribution is 2.34. The van der Waals surface area contributed by atoms with E-state index >= 15 is 0 Å². The van der Waals surface area contributed by atoms with Crippen molar-refractivity contribution >= 4 is 38.4 Å². The van der Waals surface area contributed by atoms with E-state index in [1.165, 1.54) is 12.1 Å². The SMILES string of the molecule is CC(=O)N1CCC(Nc2ccnc3c(Br)cccc23)c2ccc(F)cc2C1. The van der Waals surface area contributed by atoms with Gasteiger partial charge in [-0.2, -0.15) is 0 Å². The number of aromatic nitrogens is 1. The standard InChI is InChI=1S/C21H19BrFN3O/c1-13(27)26-10-8-20(16-6-5-15(23)11-14(16)12-26)25-19-7-9-24-21-17(19)3-2-4-18(21)22/h2-7,9,11,20H,8,10,12H2,1H3,(H,24,25). The Morgan fingerprint density at radius 2 is 2.15 bits per heavy atom. The number of hydrogen-bond acceptors (Lipinski definition) is 3. The van der Waals surface area contributed by atoms with Crippen LogP contribution >= 0.6 is 15.9 Å². The summed E-state index contributed by atoms with van der Waals surface area (Å²) < 4.78 is 14.8. The molecule has 2 aromatic carbocycles. The number of fused-ring (bicyclic) bond motifs is 2. The fraction of sp³-hybridized carbons (Fsp3) is 0.238. The number of nitrogens with one attached hydrogen (secondary N) is 1. The molecule has 1 atom stereocenters. The summed E-state index contributed by atoms with van der Waals surface area (Å²) >= 11 is 3.55. The number of para-hydroxylation sites is 1. The van der Waals surface area contributed by atoms with Crippen LogP contribution in [0.15, 0.2) is 53.1 Å². The summed E-state index contributed by atoms with van der Waals surface area (Å²) in [6, 6.07) is 12.7. The minimum absolute atomic E-state index is 0.00385. The number of hydrogen-bond donors (Lipinski definition) is 1. The summed E-state index contributed by atoms with van der Waals surface area (Å²) in [7, 11) is 0. The summed E-state index contributed by atoms with van der Waals surface area (Å²) in [6.07, 6.45) is 2.52. The number of carbonyl (C=O) groups excluding carboxylic acids is 1. The van der Waals surface area contributed by atoms with Gasteiger partial charge in [0.25, 0.3) is 0 Å². The predicted octanol–water partition coefficient (Wildman–Crippen LogP) is 5.04. The molecule has 1 aliphatic rings. The molecule has 27 heavy (non-hydrogen) atoms. The van der Waals surface area contributed by atoms with Crippen LogP contribution in [0, 0.1) is 5.82 Å². The Kier molecular flexibility index (Phi) is 4.83. The van der Waals surface area contributed by atoms with E-state index in [4.69, 9.17) is 0 Å². The average molecular weight is 428 g/mol. The van der Waals surface area contributed by atoms with E-state index < -0.39 is 0 Å². The Bertz CT molecular complexity index is 1020. The summed E-state index contributed by atoms with van der Waals surface area (Å²) in [5, 5.41) is 4.62. The fourth-order valence-corrected chi connectivity index (χ4v) is 4.12. The second-order valence-electron chi connectivity index (χ2n) is 6.76. The monoisotopic (exact) mass is 427 g/mol. The smallest absolute Gasteiger partial charge is 0.219 e. The van der Waals surface area contributed by atoms with Crippen LogP contribution in [0.5, 0.6) is 0 Å². The van der Waals surface area contributed by atoms with Crippen molar-refractivity contribution in [3.05, 3.63) is 70.1 Å². The van der Waals surface area contributed by atoms with Crippen molar-refractivity contribution in [2.24, 2.45) is 0 Å². The van der Waals surface area contributed by atoms with Gasteiger partial charge in [-0.15, -0.1) is 0 Å². The Hall–Kier alpha value is -2.47. The number of benzene rings is 2. The Labute approximate surface area is 165 Å². The molecule has 0 bridgehead atoms. The highest BCUT2D eigenvalue weighted by molar-refractivity contribution is 9.10. The minimum Gasteiger partial charge on any atom is -0.378 e. The molecule has 2 heterocycles. The lowest BCUT2D eigenvalue weighted by atomic mass is 9.98. The molecular formula is C21H19BrFN3O. The van der Waals surface area contributed by atoms with E-state index in [9.17, 15) is 9.18 Å². The number of carbonyl (C=O) groups is 1. The minimum atomic E-state index is -0.281. The van der Waals surface area contributed by atoms with Crippen LogP contribution in [0.4, 0.5) is 10.1 Å². The quantitative estimate of drug-likeness (QED) is 0.622. The second kappa shape index (κ2) is 7.27. The maximum absolute atomic E-state index is 13.8. The number of halogens is 2. The molecule has 6 heteroatoms. The van der Waals surface area contributed by atoms with Gasteiger partial charge in [0, 0.05) is 41.8 Å². The van der Waals surface area contributed by atoms with E-state index in [-0.39, 0.29) is 17.8 Å². The molecule has 1 amide bonds. The van der Waals surface area contributed by atoms with Crippen molar-refractivity contribution in [1.82, 2.24) is 9.88 Å². The lowest BCUT2D eigenvalue weighted by Gasteiger charge is -2.21. The third kappa shape index (κ3) is 3.54. The van der Waals surface area contributed by atoms with E-state index in [1.54, 1.807) is 18.0 Å². The molecule has 1 unspecified atom stereocenters. The van der Waals surface area contributed by atoms with Gasteiger partial charge in [0.05, 0.1) is 11.6 Å².